The molecule has 9 heteroatoms. The summed E-state index contributed by atoms with van der Waals surface area (Å²) in [5, 5.41) is -0.327. The van der Waals surface area contributed by atoms with Crippen molar-refractivity contribution in [2.24, 2.45) is 0 Å². The fraction of sp³-hybridized carbons (Fsp3) is 0.143. The molecule has 0 aliphatic heterocycles. The van der Waals surface area contributed by atoms with Crippen molar-refractivity contribution in [3.63, 3.8) is 0 Å². The first kappa shape index (κ1) is 16.9. The van der Waals surface area contributed by atoms with Crippen LogP contribution >= 0.6 is 38.9 Å². The van der Waals surface area contributed by atoms with Gasteiger partial charge in [0.2, 0.25) is 0 Å². The van der Waals surface area contributed by atoms with Crippen LogP contribution in [-0.2, 0) is 12.4 Å². The smallest absolute Gasteiger partial charge is 0.166 e. The number of hydrogen-bond donors (Lipinski definition) is 0. The average Bonchev–Trinajstić information content (AvgIpc) is 2.71. The van der Waals surface area contributed by atoms with E-state index in [2.05, 4.69) is 15.9 Å². The number of thiophene rings is 1. The number of rotatable bonds is 0. The second-order valence-electron chi connectivity index (χ2n) is 4.72. The molecule has 122 valence electrons. The molecule has 0 fully saturated rings. The maximum Gasteiger partial charge on any atom is 0.418 e. The topological polar surface area (TPSA) is 0 Å². The third-order valence-electron chi connectivity index (χ3n) is 3.27. The van der Waals surface area contributed by atoms with E-state index >= 15 is 0 Å². The zero-order valence-corrected chi connectivity index (χ0v) is 13.9. The molecular weight excluding hydrogens is 430 g/mol. The van der Waals surface area contributed by atoms with Crippen molar-refractivity contribution in [2.75, 3.05) is 0 Å². The minimum absolute atomic E-state index is 0.0970. The van der Waals surface area contributed by atoms with Gasteiger partial charge in [-0.15, -0.1) is 11.3 Å². The van der Waals surface area contributed by atoms with Crippen molar-refractivity contribution >= 4 is 59.0 Å². The van der Waals surface area contributed by atoms with Gasteiger partial charge < -0.3 is 0 Å². The van der Waals surface area contributed by atoms with E-state index in [0.717, 1.165) is 23.5 Å². The van der Waals surface area contributed by atoms with Gasteiger partial charge in [0.1, 0.15) is 0 Å². The third kappa shape index (κ3) is 2.81. The van der Waals surface area contributed by atoms with Gasteiger partial charge in [0.15, 0.2) is 0 Å². The highest BCUT2D eigenvalue weighted by molar-refractivity contribution is 9.10. The van der Waals surface area contributed by atoms with Crippen molar-refractivity contribution in [2.45, 2.75) is 12.4 Å². The predicted molar refractivity (Wildman–Crippen MR) is 82.0 cm³/mol. The van der Waals surface area contributed by atoms with E-state index in [1.807, 2.05) is 0 Å². The van der Waals surface area contributed by atoms with E-state index in [0.29, 0.717) is 0 Å². The Morgan fingerprint density at radius 2 is 1.57 bits per heavy atom. The average molecular weight is 434 g/mol. The summed E-state index contributed by atoms with van der Waals surface area (Å²) in [7, 11) is 0. The van der Waals surface area contributed by atoms with Gasteiger partial charge in [-0.2, -0.15) is 26.3 Å². The predicted octanol–water partition coefficient (Wildman–Crippen LogP) is 7.51. The van der Waals surface area contributed by atoms with Crippen LogP contribution in [0.4, 0.5) is 26.3 Å². The zero-order chi connectivity index (χ0) is 17.2. The lowest BCUT2D eigenvalue weighted by atomic mass is 10.1. The first-order valence-corrected chi connectivity index (χ1v) is 7.97. The second kappa shape index (κ2) is 5.26. The summed E-state index contributed by atoms with van der Waals surface area (Å²) in [4.78, 5) is 0. The van der Waals surface area contributed by atoms with E-state index in [1.54, 1.807) is 0 Å². The molecule has 0 aliphatic carbocycles. The molecule has 3 rings (SSSR count). The van der Waals surface area contributed by atoms with Gasteiger partial charge in [-0.3, -0.25) is 0 Å². The van der Waals surface area contributed by atoms with Crippen LogP contribution in [-0.4, -0.2) is 0 Å². The third-order valence-corrected chi connectivity index (χ3v) is 5.43. The van der Waals surface area contributed by atoms with Gasteiger partial charge in [-0.1, -0.05) is 33.6 Å². The summed E-state index contributed by atoms with van der Waals surface area (Å²) >= 11 is 9.24. The molecular formula is C14H4BrClF6S. The molecule has 0 bridgehead atoms. The summed E-state index contributed by atoms with van der Waals surface area (Å²) in [5.41, 5.74) is -1.97. The second-order valence-corrected chi connectivity index (χ2v) is 7.04. The first-order chi connectivity index (χ1) is 10.5. The Labute approximate surface area is 142 Å². The van der Waals surface area contributed by atoms with Crippen LogP contribution in [0.5, 0.6) is 0 Å². The highest BCUT2D eigenvalue weighted by Gasteiger charge is 2.37. The SMILES string of the molecule is FC(F)(F)c1cc2c(cc1Cl)sc1c(C(F)(F)F)c(Br)ccc12. The molecule has 2 aromatic carbocycles. The van der Waals surface area contributed by atoms with Crippen LogP contribution in [0.3, 0.4) is 0 Å². The zero-order valence-electron chi connectivity index (χ0n) is 10.7. The van der Waals surface area contributed by atoms with Crippen LogP contribution in [0, 0.1) is 0 Å². The number of fused-ring (bicyclic) bond motifs is 3. The summed E-state index contributed by atoms with van der Waals surface area (Å²) in [6, 6.07) is 4.39. The quantitative estimate of drug-likeness (QED) is 0.322. The monoisotopic (exact) mass is 432 g/mol. The molecule has 0 atom stereocenters. The van der Waals surface area contributed by atoms with Gasteiger partial charge in [0.05, 0.1) is 16.1 Å². The van der Waals surface area contributed by atoms with E-state index in [1.165, 1.54) is 12.1 Å². The molecule has 0 saturated carbocycles. The Morgan fingerprint density at radius 1 is 0.913 bits per heavy atom. The fourth-order valence-corrected chi connectivity index (χ4v) is 4.63. The molecule has 0 nitrogen and oxygen atoms in total. The highest BCUT2D eigenvalue weighted by Crippen LogP contribution is 2.47. The summed E-state index contributed by atoms with van der Waals surface area (Å²) in [6.45, 7) is 0. The van der Waals surface area contributed by atoms with Crippen molar-refractivity contribution in [1.29, 1.82) is 0 Å². The number of benzene rings is 2. The van der Waals surface area contributed by atoms with Crippen LogP contribution in [0.25, 0.3) is 20.2 Å². The first-order valence-electron chi connectivity index (χ1n) is 5.99. The van der Waals surface area contributed by atoms with E-state index < -0.39 is 28.5 Å². The molecule has 0 aliphatic rings. The van der Waals surface area contributed by atoms with E-state index in [9.17, 15) is 26.3 Å². The maximum atomic E-state index is 13.2. The fourth-order valence-electron chi connectivity index (χ4n) is 2.32. The number of halogens is 8. The molecule has 0 amide bonds. The number of alkyl halides is 6. The molecule has 23 heavy (non-hydrogen) atoms. The molecule has 0 N–H and O–H groups in total. The van der Waals surface area contributed by atoms with Crippen LogP contribution in [0.1, 0.15) is 11.1 Å². The van der Waals surface area contributed by atoms with Gasteiger partial charge >= 0.3 is 12.4 Å². The van der Waals surface area contributed by atoms with Crippen LogP contribution in [0.2, 0.25) is 5.02 Å². The standard InChI is InChI=1S/C14H4BrClF6S/c15-8-2-1-5-6-3-7(13(17,18)19)9(16)4-10(6)23-12(5)11(8)14(20,21)22/h1-4H. The van der Waals surface area contributed by atoms with Crippen LogP contribution in [0.15, 0.2) is 28.7 Å². The minimum Gasteiger partial charge on any atom is -0.166 e. The lowest BCUT2D eigenvalue weighted by molar-refractivity contribution is -0.138. The molecule has 0 unspecified atom stereocenters. The van der Waals surface area contributed by atoms with Gasteiger partial charge in [0.25, 0.3) is 0 Å². The van der Waals surface area contributed by atoms with Crippen molar-refractivity contribution in [1.82, 2.24) is 0 Å². The molecule has 0 radical (unpaired) electrons. The lowest BCUT2D eigenvalue weighted by Gasteiger charge is -2.10. The number of hydrogen-bond acceptors (Lipinski definition) is 1. The van der Waals surface area contributed by atoms with Crippen molar-refractivity contribution in [3.8, 4) is 0 Å². The Morgan fingerprint density at radius 3 is 2.13 bits per heavy atom. The van der Waals surface area contributed by atoms with Gasteiger partial charge in [0, 0.05) is 24.6 Å². The van der Waals surface area contributed by atoms with E-state index in [4.69, 9.17) is 11.6 Å². The minimum atomic E-state index is -4.68. The van der Waals surface area contributed by atoms with Crippen molar-refractivity contribution < 1.29 is 26.3 Å². The molecule has 0 saturated heterocycles. The van der Waals surface area contributed by atoms with Gasteiger partial charge in [-0.05, 0) is 18.2 Å². The van der Waals surface area contributed by atoms with Crippen LogP contribution < -0.4 is 0 Å². The molecule has 3 aromatic rings. The summed E-state index contributed by atoms with van der Waals surface area (Å²) < 4.78 is 78.5. The van der Waals surface area contributed by atoms with Gasteiger partial charge in [-0.25, -0.2) is 0 Å². The lowest BCUT2D eigenvalue weighted by Crippen LogP contribution is -2.06. The summed E-state index contributed by atoms with van der Waals surface area (Å²) in [6.07, 6.45) is -9.31. The Hall–Kier alpha value is -0.990. The Bertz CT molecular complexity index is 925. The molecule has 1 heterocycles. The van der Waals surface area contributed by atoms with Crippen molar-refractivity contribution in [3.05, 3.63) is 44.9 Å². The van der Waals surface area contributed by atoms with E-state index in [-0.39, 0.29) is 24.6 Å². The Balaban J connectivity index is 2.45. The maximum absolute atomic E-state index is 13.2. The normalized spacial score (nSPS) is 13.2. The molecule has 0 spiro atoms. The summed E-state index contributed by atoms with van der Waals surface area (Å²) in [5.74, 6) is 0. The molecule has 1 aromatic heterocycles. The Kier molecular flexibility index (Phi) is 3.85. The highest BCUT2D eigenvalue weighted by atomic mass is 79.9. The largest absolute Gasteiger partial charge is 0.418 e.